The maximum absolute atomic E-state index is 12.6. The van der Waals surface area contributed by atoms with Crippen LogP contribution in [0.15, 0.2) is 90.0 Å². The van der Waals surface area contributed by atoms with Gasteiger partial charge in [0.15, 0.2) is 11.7 Å². The number of thiazole rings is 1. The van der Waals surface area contributed by atoms with Gasteiger partial charge in [0.05, 0.1) is 26.8 Å². The van der Waals surface area contributed by atoms with Crippen molar-refractivity contribution in [3.8, 4) is 27.4 Å². The number of aromatic amines is 1. The molecule has 0 fully saturated rings. The first-order chi connectivity index (χ1) is 18.4. The Morgan fingerprint density at radius 2 is 1.61 bits per heavy atom. The number of hydrogen-bond acceptors (Lipinski definition) is 6. The molecule has 2 N–H and O–H groups in total. The van der Waals surface area contributed by atoms with Crippen LogP contribution in [-0.4, -0.2) is 33.0 Å². The zero-order valence-electron chi connectivity index (χ0n) is 19.5. The summed E-state index contributed by atoms with van der Waals surface area (Å²) in [4.78, 5) is 44.7. The van der Waals surface area contributed by atoms with E-state index < -0.39 is 18.5 Å². The lowest BCUT2D eigenvalue weighted by molar-refractivity contribution is -0.119. The van der Waals surface area contributed by atoms with E-state index in [2.05, 4.69) is 15.3 Å². The minimum Gasteiger partial charge on any atom is -0.452 e. The molecule has 0 aliphatic carbocycles. The molecule has 0 spiro atoms. The van der Waals surface area contributed by atoms with Gasteiger partial charge in [0.2, 0.25) is 0 Å². The summed E-state index contributed by atoms with van der Waals surface area (Å²) in [5.41, 5.74) is 2.54. The minimum atomic E-state index is -0.680. The number of halogens is 2. The average molecular weight is 565 g/mol. The number of carbonyl (C=O) groups excluding carboxylic acids is 2. The van der Waals surface area contributed by atoms with Crippen LogP contribution in [0.4, 0.5) is 5.13 Å². The smallest absolute Gasteiger partial charge is 0.338 e. The van der Waals surface area contributed by atoms with Gasteiger partial charge in [-0.2, -0.15) is 0 Å². The molecule has 0 bridgehead atoms. The maximum atomic E-state index is 12.6. The fraction of sp³-hybridized carbons (Fsp3) is 0.0370. The number of anilines is 1. The fourth-order valence-electron chi connectivity index (χ4n) is 3.69. The number of aromatic nitrogens is 3. The number of esters is 1. The molecular weight excluding hydrogens is 547 g/mol. The normalized spacial score (nSPS) is 10.8. The third-order valence-electron chi connectivity index (χ3n) is 5.49. The van der Waals surface area contributed by atoms with Crippen molar-refractivity contribution in [3.05, 3.63) is 111 Å². The number of benzene rings is 3. The largest absolute Gasteiger partial charge is 0.452 e. The lowest BCUT2D eigenvalue weighted by Gasteiger charge is -2.06. The first kappa shape index (κ1) is 25.5. The molecule has 0 atom stereocenters. The van der Waals surface area contributed by atoms with Crippen LogP contribution in [0.1, 0.15) is 10.4 Å². The van der Waals surface area contributed by atoms with Crippen molar-refractivity contribution in [2.24, 2.45) is 0 Å². The van der Waals surface area contributed by atoms with Crippen LogP contribution >= 0.6 is 34.5 Å². The number of hydrogen-bond donors (Lipinski definition) is 2. The molecular formula is C27H18Cl2N4O4S. The Labute approximate surface area is 230 Å². The van der Waals surface area contributed by atoms with E-state index in [4.69, 9.17) is 27.9 Å². The van der Waals surface area contributed by atoms with Crippen LogP contribution in [0.3, 0.4) is 0 Å². The molecule has 0 aliphatic rings. The summed E-state index contributed by atoms with van der Waals surface area (Å²) in [7, 11) is 0. The molecule has 0 saturated heterocycles. The highest BCUT2D eigenvalue weighted by Crippen LogP contribution is 2.43. The van der Waals surface area contributed by atoms with E-state index in [9.17, 15) is 14.4 Å². The molecule has 5 aromatic rings. The molecule has 11 heteroatoms. The minimum absolute atomic E-state index is 0.237. The highest BCUT2D eigenvalue weighted by Gasteiger charge is 2.20. The van der Waals surface area contributed by atoms with E-state index >= 15 is 0 Å². The summed E-state index contributed by atoms with van der Waals surface area (Å²) in [5.74, 6) is -1.24. The Morgan fingerprint density at radius 3 is 2.24 bits per heavy atom. The molecule has 0 aliphatic heterocycles. The molecule has 2 heterocycles. The number of nitrogens with zero attached hydrogens (tertiary/aromatic N) is 2. The van der Waals surface area contributed by atoms with Crippen LogP contribution in [0, 0.1) is 0 Å². The summed E-state index contributed by atoms with van der Waals surface area (Å²) < 4.78 is 6.56. The van der Waals surface area contributed by atoms with Crippen molar-refractivity contribution in [2.45, 2.75) is 0 Å². The second-order valence-corrected chi connectivity index (χ2v) is 9.78. The van der Waals surface area contributed by atoms with Crippen LogP contribution in [-0.2, 0) is 9.53 Å². The van der Waals surface area contributed by atoms with Crippen LogP contribution < -0.4 is 11.0 Å². The van der Waals surface area contributed by atoms with Gasteiger partial charge in [0.1, 0.15) is 0 Å². The fourth-order valence-corrected chi connectivity index (χ4v) is 5.24. The van der Waals surface area contributed by atoms with E-state index in [0.717, 1.165) is 10.4 Å². The van der Waals surface area contributed by atoms with Gasteiger partial charge in [0, 0.05) is 28.5 Å². The zero-order chi connectivity index (χ0) is 26.6. The Hall–Kier alpha value is -4.18. The Kier molecular flexibility index (Phi) is 7.41. The van der Waals surface area contributed by atoms with Crippen molar-refractivity contribution in [3.63, 3.8) is 0 Å². The lowest BCUT2D eigenvalue weighted by atomic mass is 10.1. The van der Waals surface area contributed by atoms with Gasteiger partial charge in [-0.15, -0.1) is 0 Å². The van der Waals surface area contributed by atoms with Gasteiger partial charge in [-0.05, 0) is 36.4 Å². The second-order valence-electron chi connectivity index (χ2n) is 7.96. The number of rotatable bonds is 7. The van der Waals surface area contributed by atoms with Crippen molar-refractivity contribution in [1.29, 1.82) is 0 Å². The summed E-state index contributed by atoms with van der Waals surface area (Å²) in [6.07, 6.45) is 3.09. The number of carbonyl (C=O) groups is 2. The Bertz CT molecular complexity index is 1630. The topological polar surface area (TPSA) is 106 Å². The highest BCUT2D eigenvalue weighted by molar-refractivity contribution is 7.19. The lowest BCUT2D eigenvalue weighted by Crippen LogP contribution is -2.21. The number of imidazole rings is 1. The third kappa shape index (κ3) is 5.40. The van der Waals surface area contributed by atoms with E-state index in [0.29, 0.717) is 32.1 Å². The van der Waals surface area contributed by atoms with Crippen LogP contribution in [0.25, 0.3) is 27.4 Å². The molecule has 8 nitrogen and oxygen atoms in total. The van der Waals surface area contributed by atoms with E-state index in [1.165, 1.54) is 34.2 Å². The predicted octanol–water partition coefficient (Wildman–Crippen LogP) is 6.06. The van der Waals surface area contributed by atoms with Crippen LogP contribution in [0.5, 0.6) is 0 Å². The van der Waals surface area contributed by atoms with Gasteiger partial charge >= 0.3 is 11.7 Å². The SMILES string of the molecule is O=C(COC(=O)c1ccc(-n2cc[nH]c2=O)cc1)Nc1nc(-c2ccccc2Cl)c(-c2ccccc2Cl)s1. The summed E-state index contributed by atoms with van der Waals surface area (Å²) >= 11 is 14.1. The van der Waals surface area contributed by atoms with Crippen molar-refractivity contribution < 1.29 is 14.3 Å². The molecule has 0 saturated carbocycles. The summed E-state index contributed by atoms with van der Waals surface area (Å²) in [6.45, 7) is -0.514. The van der Waals surface area contributed by atoms with Crippen LogP contribution in [0.2, 0.25) is 10.0 Å². The Balaban J connectivity index is 1.30. The predicted molar refractivity (Wildman–Crippen MR) is 148 cm³/mol. The number of nitrogens with one attached hydrogen (secondary N) is 2. The molecule has 2 aromatic heterocycles. The zero-order valence-corrected chi connectivity index (χ0v) is 21.8. The summed E-state index contributed by atoms with van der Waals surface area (Å²) in [5, 5.41) is 4.02. The molecule has 190 valence electrons. The van der Waals surface area contributed by atoms with Gasteiger partial charge < -0.3 is 9.72 Å². The molecule has 5 rings (SSSR count). The first-order valence-corrected chi connectivity index (χ1v) is 12.8. The highest BCUT2D eigenvalue weighted by atomic mass is 35.5. The van der Waals surface area contributed by atoms with Gasteiger partial charge in [-0.3, -0.25) is 14.7 Å². The molecule has 3 aromatic carbocycles. The van der Waals surface area contributed by atoms with E-state index in [1.54, 1.807) is 30.5 Å². The van der Waals surface area contributed by atoms with Gasteiger partial charge in [-0.25, -0.2) is 14.6 Å². The van der Waals surface area contributed by atoms with Gasteiger partial charge in [0.25, 0.3) is 5.91 Å². The quantitative estimate of drug-likeness (QED) is 0.234. The van der Waals surface area contributed by atoms with E-state index in [1.807, 2.05) is 36.4 Å². The molecule has 0 unspecified atom stereocenters. The van der Waals surface area contributed by atoms with Gasteiger partial charge in [-0.1, -0.05) is 70.9 Å². The standard InChI is InChI=1S/C27H18Cl2N4O4S/c28-20-7-3-1-5-18(20)23-24(19-6-2-4-8-21(19)29)38-26(32-23)31-22(34)15-37-25(35)16-9-11-17(12-10-16)33-14-13-30-27(33)36/h1-14H,15H2,(H,30,36)(H,31,32,34). The van der Waals surface area contributed by atoms with E-state index in [-0.39, 0.29) is 11.3 Å². The maximum Gasteiger partial charge on any atom is 0.338 e. The monoisotopic (exact) mass is 564 g/mol. The number of ether oxygens (including phenoxy) is 1. The molecule has 38 heavy (non-hydrogen) atoms. The molecule has 1 amide bonds. The Morgan fingerprint density at radius 1 is 0.947 bits per heavy atom. The van der Waals surface area contributed by atoms with Crippen molar-refractivity contribution in [1.82, 2.24) is 14.5 Å². The van der Waals surface area contributed by atoms with Crippen molar-refractivity contribution >= 4 is 51.5 Å². The average Bonchev–Trinajstić information content (AvgIpc) is 3.54. The number of amides is 1. The summed E-state index contributed by atoms with van der Waals surface area (Å²) in [6, 6.07) is 20.8. The number of H-pyrrole nitrogens is 1. The first-order valence-electron chi connectivity index (χ1n) is 11.2. The second kappa shape index (κ2) is 11.1. The third-order valence-corrected chi connectivity index (χ3v) is 7.15. The molecule has 0 radical (unpaired) electrons. The van der Waals surface area contributed by atoms with Crippen molar-refractivity contribution in [2.75, 3.05) is 11.9 Å².